The van der Waals surface area contributed by atoms with Gasteiger partial charge in [-0.05, 0) is 45.8 Å². The Bertz CT molecular complexity index is 286. The average molecular weight is 222 g/mol. The average Bonchev–Trinajstić information content (AvgIpc) is 2.74. The molecule has 1 saturated carbocycles. The van der Waals surface area contributed by atoms with E-state index < -0.39 is 0 Å². The molecular weight excluding hydrogens is 200 g/mol. The zero-order valence-electron chi connectivity index (χ0n) is 10.2. The minimum absolute atomic E-state index is 0.315. The van der Waals surface area contributed by atoms with Crippen molar-refractivity contribution in [2.45, 2.75) is 31.7 Å². The third kappa shape index (κ3) is 1.70. The molecule has 1 aliphatic carbocycles. The molecule has 3 heteroatoms. The summed E-state index contributed by atoms with van der Waals surface area (Å²) in [5, 5.41) is 0. The van der Waals surface area contributed by atoms with Crippen LogP contribution in [-0.4, -0.2) is 54.9 Å². The fourth-order valence-electron chi connectivity index (χ4n) is 3.90. The molecule has 2 bridgehead atoms. The van der Waals surface area contributed by atoms with Crippen molar-refractivity contribution in [1.29, 1.82) is 0 Å². The standard InChI is InChI=1S/C13H22N2O/c1-14-8-10-4-5-12(11(9-14)13(10)16)15-6-2-3-7-15/h10-12H,2-9H2,1H3. The zero-order valence-corrected chi connectivity index (χ0v) is 10.2. The fraction of sp³-hybridized carbons (Fsp3) is 0.923. The maximum atomic E-state index is 12.3. The molecule has 3 atom stereocenters. The SMILES string of the molecule is CN1CC2CCC(N3CCCC3)C(C1)C2=O. The van der Waals surface area contributed by atoms with Crippen LogP contribution < -0.4 is 0 Å². The molecule has 16 heavy (non-hydrogen) atoms. The van der Waals surface area contributed by atoms with E-state index in [4.69, 9.17) is 0 Å². The highest BCUT2D eigenvalue weighted by atomic mass is 16.1. The van der Waals surface area contributed by atoms with Crippen LogP contribution in [0.25, 0.3) is 0 Å². The summed E-state index contributed by atoms with van der Waals surface area (Å²) in [6, 6.07) is 0.564. The van der Waals surface area contributed by atoms with E-state index in [1.54, 1.807) is 0 Å². The lowest BCUT2D eigenvalue weighted by molar-refractivity contribution is -0.137. The monoisotopic (exact) mass is 222 g/mol. The van der Waals surface area contributed by atoms with Gasteiger partial charge in [0.25, 0.3) is 0 Å². The van der Waals surface area contributed by atoms with Crippen LogP contribution in [0.2, 0.25) is 0 Å². The Labute approximate surface area is 97.8 Å². The normalized spacial score (nSPS) is 41.6. The van der Waals surface area contributed by atoms with Crippen LogP contribution in [-0.2, 0) is 4.79 Å². The number of likely N-dealkylation sites (tertiary alicyclic amines) is 2. The van der Waals surface area contributed by atoms with Crippen molar-refractivity contribution >= 4 is 5.78 Å². The van der Waals surface area contributed by atoms with Crippen molar-refractivity contribution in [3.8, 4) is 0 Å². The first-order chi connectivity index (χ1) is 7.75. The molecule has 2 saturated heterocycles. The summed E-state index contributed by atoms with van der Waals surface area (Å²) in [5.74, 6) is 1.24. The number of carbonyl (C=O) groups is 1. The van der Waals surface area contributed by atoms with Gasteiger partial charge in [0.1, 0.15) is 5.78 Å². The lowest BCUT2D eigenvalue weighted by atomic mass is 9.73. The van der Waals surface area contributed by atoms with Crippen LogP contribution in [0.15, 0.2) is 0 Å². The van der Waals surface area contributed by atoms with Crippen molar-refractivity contribution in [3.63, 3.8) is 0 Å². The van der Waals surface area contributed by atoms with Crippen LogP contribution in [0.3, 0.4) is 0 Å². The Balaban J connectivity index is 1.77. The van der Waals surface area contributed by atoms with Gasteiger partial charge in [0, 0.05) is 31.0 Å². The summed E-state index contributed by atoms with van der Waals surface area (Å²) in [6.45, 7) is 4.45. The molecule has 3 fully saturated rings. The number of piperidine rings is 1. The number of rotatable bonds is 1. The highest BCUT2D eigenvalue weighted by Crippen LogP contribution is 2.35. The third-order valence-electron chi connectivity index (χ3n) is 4.69. The number of hydrogen-bond acceptors (Lipinski definition) is 3. The molecule has 3 aliphatic rings. The second-order valence-electron chi connectivity index (χ2n) is 5.81. The second kappa shape index (κ2) is 4.11. The largest absolute Gasteiger partial charge is 0.305 e. The van der Waals surface area contributed by atoms with Crippen LogP contribution in [0.1, 0.15) is 25.7 Å². The van der Waals surface area contributed by atoms with Gasteiger partial charge >= 0.3 is 0 Å². The van der Waals surface area contributed by atoms with E-state index in [0.29, 0.717) is 23.7 Å². The second-order valence-corrected chi connectivity index (χ2v) is 5.81. The predicted molar refractivity (Wildman–Crippen MR) is 63.3 cm³/mol. The fourth-order valence-corrected chi connectivity index (χ4v) is 3.90. The number of hydrogen-bond donors (Lipinski definition) is 0. The lowest BCUT2D eigenvalue weighted by Gasteiger charge is -2.45. The Morgan fingerprint density at radius 3 is 2.62 bits per heavy atom. The van der Waals surface area contributed by atoms with Crippen molar-refractivity contribution in [2.75, 3.05) is 33.2 Å². The maximum Gasteiger partial charge on any atom is 0.143 e. The molecule has 0 radical (unpaired) electrons. The Kier molecular flexibility index (Phi) is 2.76. The number of carbonyl (C=O) groups excluding carboxylic acids is 1. The first kappa shape index (κ1) is 10.7. The molecule has 3 unspecified atom stereocenters. The minimum Gasteiger partial charge on any atom is -0.305 e. The van der Waals surface area contributed by atoms with E-state index in [1.807, 2.05) is 0 Å². The summed E-state index contributed by atoms with van der Waals surface area (Å²) in [6.07, 6.45) is 5.04. The predicted octanol–water partition coefficient (Wildman–Crippen LogP) is 0.991. The van der Waals surface area contributed by atoms with Gasteiger partial charge in [-0.3, -0.25) is 9.69 Å². The summed E-state index contributed by atoms with van der Waals surface area (Å²) < 4.78 is 0. The van der Waals surface area contributed by atoms with Crippen LogP contribution in [0.4, 0.5) is 0 Å². The molecule has 0 spiro atoms. The third-order valence-corrected chi connectivity index (χ3v) is 4.69. The van der Waals surface area contributed by atoms with E-state index >= 15 is 0 Å². The minimum atomic E-state index is 0.315. The molecule has 90 valence electrons. The molecule has 3 rings (SSSR count). The van der Waals surface area contributed by atoms with Crippen molar-refractivity contribution in [2.24, 2.45) is 11.8 Å². The van der Waals surface area contributed by atoms with E-state index in [2.05, 4.69) is 16.8 Å². The highest BCUT2D eigenvalue weighted by molar-refractivity contribution is 5.86. The quantitative estimate of drug-likeness (QED) is 0.661. The van der Waals surface area contributed by atoms with E-state index in [9.17, 15) is 4.79 Å². The van der Waals surface area contributed by atoms with Crippen LogP contribution in [0.5, 0.6) is 0 Å². The molecule has 0 amide bonds. The van der Waals surface area contributed by atoms with Gasteiger partial charge in [-0.2, -0.15) is 0 Å². The summed E-state index contributed by atoms with van der Waals surface area (Å²) in [7, 11) is 2.17. The molecule has 2 heterocycles. The summed E-state index contributed by atoms with van der Waals surface area (Å²) in [5.41, 5.74) is 0. The lowest BCUT2D eigenvalue weighted by Crippen LogP contribution is -2.57. The smallest absolute Gasteiger partial charge is 0.143 e. The molecule has 0 aromatic rings. The zero-order chi connectivity index (χ0) is 11.1. The van der Waals surface area contributed by atoms with Crippen molar-refractivity contribution < 1.29 is 4.79 Å². The summed E-state index contributed by atoms with van der Waals surface area (Å²) >= 11 is 0. The van der Waals surface area contributed by atoms with Gasteiger partial charge in [-0.1, -0.05) is 0 Å². The van der Waals surface area contributed by atoms with Gasteiger partial charge < -0.3 is 4.90 Å². The van der Waals surface area contributed by atoms with E-state index in [-0.39, 0.29) is 0 Å². The molecule has 0 N–H and O–H groups in total. The highest BCUT2D eigenvalue weighted by Gasteiger charge is 2.44. The number of Topliss-reactive ketones (excluding diaryl/α,β-unsaturated/α-hetero) is 1. The van der Waals surface area contributed by atoms with E-state index in [0.717, 1.165) is 19.5 Å². The number of nitrogens with zero attached hydrogens (tertiary/aromatic N) is 2. The van der Waals surface area contributed by atoms with Gasteiger partial charge in [0.05, 0.1) is 0 Å². The number of fused-ring (bicyclic) bond motifs is 2. The first-order valence-corrected chi connectivity index (χ1v) is 6.72. The van der Waals surface area contributed by atoms with Crippen LogP contribution >= 0.6 is 0 Å². The maximum absolute atomic E-state index is 12.3. The molecule has 0 aromatic carbocycles. The number of ketones is 1. The van der Waals surface area contributed by atoms with Gasteiger partial charge in [-0.15, -0.1) is 0 Å². The van der Waals surface area contributed by atoms with Gasteiger partial charge in [-0.25, -0.2) is 0 Å². The molecule has 0 aromatic heterocycles. The van der Waals surface area contributed by atoms with E-state index in [1.165, 1.54) is 32.4 Å². The van der Waals surface area contributed by atoms with Crippen molar-refractivity contribution in [3.05, 3.63) is 0 Å². The van der Waals surface area contributed by atoms with Gasteiger partial charge in [0.15, 0.2) is 0 Å². The molecule has 3 nitrogen and oxygen atoms in total. The summed E-state index contributed by atoms with van der Waals surface area (Å²) in [4.78, 5) is 17.2. The Morgan fingerprint density at radius 2 is 1.88 bits per heavy atom. The van der Waals surface area contributed by atoms with Crippen LogP contribution in [0, 0.1) is 11.8 Å². The first-order valence-electron chi connectivity index (χ1n) is 6.72. The molecular formula is C13H22N2O. The van der Waals surface area contributed by atoms with Crippen molar-refractivity contribution in [1.82, 2.24) is 9.80 Å². The van der Waals surface area contributed by atoms with Gasteiger partial charge in [0.2, 0.25) is 0 Å². The topological polar surface area (TPSA) is 23.6 Å². The Morgan fingerprint density at radius 1 is 1.12 bits per heavy atom. The molecule has 2 aliphatic heterocycles. The Hall–Kier alpha value is -0.410.